The summed E-state index contributed by atoms with van der Waals surface area (Å²) >= 11 is 0. The molecule has 1 atom stereocenters. The number of amides is 1. The van der Waals surface area contributed by atoms with Crippen LogP contribution >= 0.6 is 0 Å². The molecule has 0 aliphatic carbocycles. The molecule has 5 heteroatoms. The van der Waals surface area contributed by atoms with E-state index in [0.717, 1.165) is 36.7 Å². The largest absolute Gasteiger partial charge is 0.353 e. The van der Waals surface area contributed by atoms with Crippen molar-refractivity contribution in [2.45, 2.75) is 19.9 Å². The van der Waals surface area contributed by atoms with E-state index in [0.29, 0.717) is 5.56 Å². The molecular formula is C24H26N4O. The monoisotopic (exact) mass is 386 g/mol. The molecule has 1 fully saturated rings. The van der Waals surface area contributed by atoms with E-state index in [4.69, 9.17) is 0 Å². The summed E-state index contributed by atoms with van der Waals surface area (Å²) in [5.41, 5.74) is 4.95. The number of aryl methyl sites for hydroxylation is 2. The Hall–Kier alpha value is -3.18. The van der Waals surface area contributed by atoms with E-state index >= 15 is 0 Å². The van der Waals surface area contributed by atoms with Gasteiger partial charge in [0, 0.05) is 43.1 Å². The van der Waals surface area contributed by atoms with Crippen molar-refractivity contribution in [3.8, 4) is 0 Å². The van der Waals surface area contributed by atoms with Crippen LogP contribution in [0.25, 0.3) is 0 Å². The topological polar surface area (TPSA) is 57.3 Å². The average molecular weight is 386 g/mol. The zero-order valence-corrected chi connectivity index (χ0v) is 16.9. The Morgan fingerprint density at radius 1 is 1.10 bits per heavy atom. The molecule has 29 heavy (non-hydrogen) atoms. The van der Waals surface area contributed by atoms with Crippen molar-refractivity contribution in [2.24, 2.45) is 0 Å². The molecule has 148 valence electrons. The number of carbonyl (C=O) groups excluding carboxylic acids is 1. The smallest absolute Gasteiger partial charge is 0.255 e. The molecule has 5 nitrogen and oxygen atoms in total. The minimum atomic E-state index is -0.115. The number of benzene rings is 2. The van der Waals surface area contributed by atoms with Crippen LogP contribution in [0.1, 0.15) is 33.1 Å². The molecule has 2 N–H and O–H groups in total. The molecule has 4 rings (SSSR count). The molecule has 0 radical (unpaired) electrons. The van der Waals surface area contributed by atoms with Crippen molar-refractivity contribution in [3.63, 3.8) is 0 Å². The summed E-state index contributed by atoms with van der Waals surface area (Å²) in [6.07, 6.45) is 1.71. The highest BCUT2D eigenvalue weighted by Crippen LogP contribution is 2.22. The lowest BCUT2D eigenvalue weighted by Gasteiger charge is -2.34. The summed E-state index contributed by atoms with van der Waals surface area (Å²) in [5.74, 6) is 0.719. The Morgan fingerprint density at radius 2 is 1.93 bits per heavy atom. The Bertz CT molecular complexity index is 1000. The molecule has 1 aliphatic heterocycles. The van der Waals surface area contributed by atoms with E-state index in [1.165, 1.54) is 11.1 Å². The third kappa shape index (κ3) is 4.46. The van der Waals surface area contributed by atoms with Crippen molar-refractivity contribution in [3.05, 3.63) is 89.1 Å². The van der Waals surface area contributed by atoms with Crippen molar-refractivity contribution >= 4 is 17.4 Å². The fourth-order valence-corrected chi connectivity index (χ4v) is 3.75. The van der Waals surface area contributed by atoms with Gasteiger partial charge in [0.1, 0.15) is 5.82 Å². The lowest BCUT2D eigenvalue weighted by molar-refractivity contribution is 0.102. The number of hydrogen-bond acceptors (Lipinski definition) is 4. The number of nitrogens with one attached hydrogen (secondary N) is 2. The summed E-state index contributed by atoms with van der Waals surface area (Å²) in [6, 6.07) is 20.4. The van der Waals surface area contributed by atoms with Gasteiger partial charge in [0.25, 0.3) is 5.91 Å². The van der Waals surface area contributed by atoms with E-state index < -0.39 is 0 Å². The lowest BCUT2D eigenvalue weighted by atomic mass is 10.0. The number of piperazine rings is 1. The van der Waals surface area contributed by atoms with Gasteiger partial charge < -0.3 is 15.5 Å². The molecule has 1 aliphatic rings. The quantitative estimate of drug-likeness (QED) is 0.709. The second kappa shape index (κ2) is 8.45. The normalized spacial score (nSPS) is 16.5. The van der Waals surface area contributed by atoms with Crippen LogP contribution in [0.5, 0.6) is 0 Å². The van der Waals surface area contributed by atoms with Crippen molar-refractivity contribution in [1.82, 2.24) is 10.3 Å². The van der Waals surface area contributed by atoms with E-state index in [9.17, 15) is 4.79 Å². The van der Waals surface area contributed by atoms with Gasteiger partial charge in [-0.15, -0.1) is 0 Å². The minimum Gasteiger partial charge on any atom is -0.353 e. The highest BCUT2D eigenvalue weighted by Gasteiger charge is 2.22. The van der Waals surface area contributed by atoms with Gasteiger partial charge in [0.15, 0.2) is 0 Å². The third-order valence-corrected chi connectivity index (χ3v) is 5.34. The van der Waals surface area contributed by atoms with Crippen LogP contribution < -0.4 is 15.5 Å². The summed E-state index contributed by atoms with van der Waals surface area (Å²) in [6.45, 7) is 6.60. The molecule has 0 unspecified atom stereocenters. The summed E-state index contributed by atoms with van der Waals surface area (Å²) in [5, 5.41) is 6.59. The number of rotatable bonds is 4. The van der Waals surface area contributed by atoms with Crippen LogP contribution in [0.3, 0.4) is 0 Å². The fraction of sp³-hybridized carbons (Fsp3) is 0.250. The maximum absolute atomic E-state index is 12.8. The summed E-state index contributed by atoms with van der Waals surface area (Å²) in [4.78, 5) is 19.6. The first-order valence-corrected chi connectivity index (χ1v) is 9.98. The van der Waals surface area contributed by atoms with Gasteiger partial charge in [-0.25, -0.2) is 4.98 Å². The standard InChI is InChI=1S/C24H26N4O/c1-17-8-9-21(18(2)14-17)27-24(29)20-10-11-26-23(15-20)28-13-12-25-22(16-28)19-6-4-3-5-7-19/h3-11,14-15,22,25H,12-13,16H2,1-2H3,(H,27,29)/t22-/m0/s1. The van der Waals surface area contributed by atoms with Crippen molar-refractivity contribution in [2.75, 3.05) is 29.9 Å². The van der Waals surface area contributed by atoms with Gasteiger partial charge in [0.2, 0.25) is 0 Å². The number of hydrogen-bond donors (Lipinski definition) is 2. The van der Waals surface area contributed by atoms with Gasteiger partial charge >= 0.3 is 0 Å². The summed E-state index contributed by atoms with van der Waals surface area (Å²) in [7, 11) is 0. The molecule has 1 amide bonds. The van der Waals surface area contributed by atoms with Gasteiger partial charge in [-0.05, 0) is 43.2 Å². The van der Waals surface area contributed by atoms with Crippen LogP contribution in [0.15, 0.2) is 66.9 Å². The van der Waals surface area contributed by atoms with Crippen molar-refractivity contribution < 1.29 is 4.79 Å². The Kier molecular flexibility index (Phi) is 5.58. The second-order valence-corrected chi connectivity index (χ2v) is 7.54. The molecule has 3 aromatic rings. The first-order valence-electron chi connectivity index (χ1n) is 9.98. The Labute approximate surface area is 171 Å². The summed E-state index contributed by atoms with van der Waals surface area (Å²) < 4.78 is 0. The molecule has 0 spiro atoms. The van der Waals surface area contributed by atoms with Crippen LogP contribution in [0, 0.1) is 13.8 Å². The number of nitrogens with zero attached hydrogens (tertiary/aromatic N) is 2. The third-order valence-electron chi connectivity index (χ3n) is 5.34. The highest BCUT2D eigenvalue weighted by molar-refractivity contribution is 6.05. The zero-order chi connectivity index (χ0) is 20.2. The molecular weight excluding hydrogens is 360 g/mol. The molecule has 0 saturated carbocycles. The maximum Gasteiger partial charge on any atom is 0.255 e. The number of aromatic nitrogens is 1. The lowest BCUT2D eigenvalue weighted by Crippen LogP contribution is -2.46. The Balaban J connectivity index is 1.50. The Morgan fingerprint density at radius 3 is 2.72 bits per heavy atom. The molecule has 0 bridgehead atoms. The first-order chi connectivity index (χ1) is 14.1. The fourth-order valence-electron chi connectivity index (χ4n) is 3.75. The predicted octanol–water partition coefficient (Wildman–Crippen LogP) is 4.10. The average Bonchev–Trinajstić information content (AvgIpc) is 2.76. The van der Waals surface area contributed by atoms with Gasteiger partial charge in [0.05, 0.1) is 0 Å². The second-order valence-electron chi connectivity index (χ2n) is 7.54. The van der Waals surface area contributed by atoms with E-state index in [1.807, 2.05) is 38.1 Å². The maximum atomic E-state index is 12.8. The van der Waals surface area contributed by atoms with Gasteiger partial charge in [-0.2, -0.15) is 0 Å². The van der Waals surface area contributed by atoms with Crippen LogP contribution in [-0.4, -0.2) is 30.5 Å². The highest BCUT2D eigenvalue weighted by atomic mass is 16.1. The first kappa shape index (κ1) is 19.2. The SMILES string of the molecule is Cc1ccc(NC(=O)c2ccnc(N3CCN[C@H](c4ccccc4)C3)c2)c(C)c1. The molecule has 1 saturated heterocycles. The number of anilines is 2. The zero-order valence-electron chi connectivity index (χ0n) is 16.9. The van der Waals surface area contributed by atoms with Gasteiger partial charge in [-0.1, -0.05) is 48.0 Å². The van der Waals surface area contributed by atoms with Crippen molar-refractivity contribution in [1.29, 1.82) is 0 Å². The van der Waals surface area contributed by atoms with E-state index in [-0.39, 0.29) is 11.9 Å². The molecule has 1 aromatic heterocycles. The van der Waals surface area contributed by atoms with Crippen LogP contribution in [0.2, 0.25) is 0 Å². The van der Waals surface area contributed by atoms with Gasteiger partial charge in [-0.3, -0.25) is 4.79 Å². The van der Waals surface area contributed by atoms with E-state index in [1.54, 1.807) is 12.3 Å². The molecule has 2 aromatic carbocycles. The molecule has 2 heterocycles. The van der Waals surface area contributed by atoms with Crippen LogP contribution in [0.4, 0.5) is 11.5 Å². The van der Waals surface area contributed by atoms with E-state index in [2.05, 4.69) is 50.8 Å². The van der Waals surface area contributed by atoms with Crippen LogP contribution in [-0.2, 0) is 0 Å². The number of carbonyl (C=O) groups is 1. The predicted molar refractivity (Wildman–Crippen MR) is 118 cm³/mol. The minimum absolute atomic E-state index is 0.115. The number of pyridine rings is 1.